The summed E-state index contributed by atoms with van der Waals surface area (Å²) in [6.07, 6.45) is 56.7. The molecule has 0 saturated carbocycles. The summed E-state index contributed by atoms with van der Waals surface area (Å²) in [6.45, 7) is 9.63. The standard InChI is InChI=1S/C77H150O17P2/c1-7-9-11-13-15-17-19-23-28-35-41-47-53-59-74(79)87-65-72(93-76(81)61-55-49-43-37-29-24-20-18-16-14-12-10-8-2)67-91-95(83,84)89-63-71(78)64-90-96(85,86)92-68-73(66-88-75(80)60-54-48-42-36-32-31-34-40-46-52-58-70(5)6)94-77(82)62-56-50-44-38-30-26-22-21-25-27-33-39-45-51-57-69(3)4/h69-73,78H,7-68H2,1-6H3,(H,83,84)(H,85,86)/t71-,72+,73+/m0/s1. The lowest BCUT2D eigenvalue weighted by atomic mass is 10.0. The molecule has 0 fully saturated rings. The predicted octanol–water partition coefficient (Wildman–Crippen LogP) is 22.7. The summed E-state index contributed by atoms with van der Waals surface area (Å²) >= 11 is 0. The number of phosphoric ester groups is 2. The number of phosphoric acid groups is 2. The average Bonchev–Trinajstić information content (AvgIpc) is 1.50. The van der Waals surface area contributed by atoms with E-state index in [0.717, 1.165) is 102 Å². The molecule has 0 aromatic rings. The zero-order valence-corrected chi connectivity index (χ0v) is 64.5. The normalized spacial score (nSPS) is 14.0. The monoisotopic (exact) mass is 1410 g/mol. The molecular formula is C77H150O17P2. The maximum atomic E-state index is 13.1. The van der Waals surface area contributed by atoms with E-state index in [1.54, 1.807) is 0 Å². The molecule has 0 bridgehead atoms. The molecule has 3 N–H and O–H groups in total. The number of esters is 4. The molecule has 0 aromatic carbocycles. The Morgan fingerprint density at radius 3 is 0.708 bits per heavy atom. The summed E-state index contributed by atoms with van der Waals surface area (Å²) < 4.78 is 68.6. The first-order chi connectivity index (χ1) is 46.4. The number of ether oxygens (including phenoxy) is 4. The van der Waals surface area contributed by atoms with Gasteiger partial charge in [-0.2, -0.15) is 0 Å². The van der Waals surface area contributed by atoms with Crippen LogP contribution in [0.15, 0.2) is 0 Å². The van der Waals surface area contributed by atoms with E-state index in [4.69, 9.17) is 37.0 Å². The summed E-state index contributed by atoms with van der Waals surface area (Å²) in [5.74, 6) is -0.557. The lowest BCUT2D eigenvalue weighted by Gasteiger charge is -2.21. The van der Waals surface area contributed by atoms with E-state index in [9.17, 15) is 43.2 Å². The van der Waals surface area contributed by atoms with Crippen LogP contribution in [0.3, 0.4) is 0 Å². The quantitative estimate of drug-likeness (QED) is 0.0222. The van der Waals surface area contributed by atoms with Gasteiger partial charge >= 0.3 is 39.5 Å². The van der Waals surface area contributed by atoms with Gasteiger partial charge in [-0.3, -0.25) is 37.3 Å². The van der Waals surface area contributed by atoms with E-state index in [1.807, 2.05) is 0 Å². The second kappa shape index (κ2) is 68.8. The highest BCUT2D eigenvalue weighted by atomic mass is 31.2. The Morgan fingerprint density at radius 2 is 0.479 bits per heavy atom. The van der Waals surface area contributed by atoms with Crippen LogP contribution in [0.4, 0.5) is 0 Å². The van der Waals surface area contributed by atoms with Gasteiger partial charge in [0.25, 0.3) is 0 Å². The zero-order chi connectivity index (χ0) is 70.7. The van der Waals surface area contributed by atoms with E-state index in [-0.39, 0.29) is 25.7 Å². The molecule has 5 atom stereocenters. The van der Waals surface area contributed by atoms with E-state index < -0.39 is 97.5 Å². The van der Waals surface area contributed by atoms with Crippen molar-refractivity contribution in [3.8, 4) is 0 Å². The first kappa shape index (κ1) is 94.1. The third-order valence-electron chi connectivity index (χ3n) is 18.0. The van der Waals surface area contributed by atoms with Crippen LogP contribution >= 0.6 is 15.6 Å². The summed E-state index contributed by atoms with van der Waals surface area (Å²) in [5.41, 5.74) is 0. The molecule has 0 heterocycles. The maximum absolute atomic E-state index is 13.1. The Kier molecular flexibility index (Phi) is 67.4. The summed E-state index contributed by atoms with van der Waals surface area (Å²) in [6, 6.07) is 0. The zero-order valence-electron chi connectivity index (χ0n) is 62.7. The predicted molar refractivity (Wildman–Crippen MR) is 391 cm³/mol. The molecule has 0 spiro atoms. The van der Waals surface area contributed by atoms with Gasteiger partial charge in [0.05, 0.1) is 26.4 Å². The molecule has 0 aliphatic rings. The summed E-state index contributed by atoms with van der Waals surface area (Å²) in [4.78, 5) is 72.9. The molecule has 0 aliphatic heterocycles. The Balaban J connectivity index is 5.26. The van der Waals surface area contributed by atoms with Crippen molar-refractivity contribution >= 4 is 39.5 Å². The van der Waals surface area contributed by atoms with Crippen LogP contribution in [-0.4, -0.2) is 96.7 Å². The lowest BCUT2D eigenvalue weighted by Crippen LogP contribution is -2.30. The number of aliphatic hydroxyl groups is 1. The van der Waals surface area contributed by atoms with Crippen LogP contribution in [-0.2, 0) is 65.4 Å². The fraction of sp³-hybridized carbons (Fsp3) is 0.948. The van der Waals surface area contributed by atoms with Crippen LogP contribution in [0.5, 0.6) is 0 Å². The highest BCUT2D eigenvalue weighted by molar-refractivity contribution is 7.47. The van der Waals surface area contributed by atoms with Gasteiger partial charge in [-0.15, -0.1) is 0 Å². The fourth-order valence-corrected chi connectivity index (χ4v) is 13.4. The van der Waals surface area contributed by atoms with Gasteiger partial charge in [-0.1, -0.05) is 350 Å². The summed E-state index contributed by atoms with van der Waals surface area (Å²) in [5, 5.41) is 10.6. The second-order valence-corrected chi connectivity index (χ2v) is 31.6. The number of carbonyl (C=O) groups is 4. The molecule has 570 valence electrons. The minimum atomic E-state index is -4.96. The van der Waals surface area contributed by atoms with Gasteiger partial charge in [0.2, 0.25) is 0 Å². The first-order valence-electron chi connectivity index (χ1n) is 40.0. The SMILES string of the molecule is CCCCCCCCCCCCCCCC(=O)OC[C@H](COP(=O)(O)OC[C@H](O)COP(=O)(O)OC[C@@H](COC(=O)CCCCCCCCCCCCC(C)C)OC(=O)CCCCCCCCCCCCCCCCC(C)C)OC(=O)CCCCCCCCCCCCCCC. The van der Waals surface area contributed by atoms with Crippen molar-refractivity contribution < 1.29 is 80.2 Å². The Labute approximate surface area is 588 Å². The molecule has 0 aromatic heterocycles. The molecule has 0 amide bonds. The van der Waals surface area contributed by atoms with Crippen LogP contribution in [0.25, 0.3) is 0 Å². The first-order valence-corrected chi connectivity index (χ1v) is 43.0. The van der Waals surface area contributed by atoms with Gasteiger partial charge in [0.15, 0.2) is 12.2 Å². The number of unbranched alkanes of at least 4 members (excludes halogenated alkanes) is 46. The van der Waals surface area contributed by atoms with Crippen molar-refractivity contribution in [2.24, 2.45) is 11.8 Å². The molecular weight excluding hydrogens is 1260 g/mol. The molecule has 0 radical (unpaired) electrons. The minimum Gasteiger partial charge on any atom is -0.462 e. The average molecular weight is 1410 g/mol. The third kappa shape index (κ3) is 70.5. The molecule has 0 rings (SSSR count). The Morgan fingerprint density at radius 1 is 0.281 bits per heavy atom. The molecule has 0 saturated heterocycles. The van der Waals surface area contributed by atoms with Gasteiger partial charge in [-0.05, 0) is 37.5 Å². The van der Waals surface area contributed by atoms with E-state index in [0.29, 0.717) is 25.7 Å². The van der Waals surface area contributed by atoms with Crippen LogP contribution in [0, 0.1) is 11.8 Å². The van der Waals surface area contributed by atoms with Crippen molar-refractivity contribution in [3.05, 3.63) is 0 Å². The lowest BCUT2D eigenvalue weighted by molar-refractivity contribution is -0.161. The summed E-state index contributed by atoms with van der Waals surface area (Å²) in [7, 11) is -9.91. The number of carbonyl (C=O) groups excluding carboxylic acids is 4. The van der Waals surface area contributed by atoms with Crippen LogP contribution < -0.4 is 0 Å². The molecule has 17 nitrogen and oxygen atoms in total. The van der Waals surface area contributed by atoms with Gasteiger partial charge in [-0.25, -0.2) is 9.13 Å². The second-order valence-electron chi connectivity index (χ2n) is 28.7. The molecule has 19 heteroatoms. The minimum absolute atomic E-state index is 0.107. The van der Waals surface area contributed by atoms with Crippen molar-refractivity contribution in [1.82, 2.24) is 0 Å². The smallest absolute Gasteiger partial charge is 0.462 e. The highest BCUT2D eigenvalue weighted by Gasteiger charge is 2.30. The Bertz CT molecular complexity index is 1860. The molecule has 0 aliphatic carbocycles. The van der Waals surface area contributed by atoms with Crippen molar-refractivity contribution in [3.63, 3.8) is 0 Å². The molecule has 2 unspecified atom stereocenters. The largest absolute Gasteiger partial charge is 0.472 e. The fourth-order valence-electron chi connectivity index (χ4n) is 11.8. The van der Waals surface area contributed by atoms with Crippen molar-refractivity contribution in [2.45, 2.75) is 419 Å². The van der Waals surface area contributed by atoms with Crippen LogP contribution in [0.2, 0.25) is 0 Å². The van der Waals surface area contributed by atoms with Crippen molar-refractivity contribution in [1.29, 1.82) is 0 Å². The topological polar surface area (TPSA) is 237 Å². The van der Waals surface area contributed by atoms with Crippen LogP contribution in [0.1, 0.15) is 401 Å². The number of hydrogen-bond donors (Lipinski definition) is 3. The van der Waals surface area contributed by atoms with Gasteiger partial charge in [0.1, 0.15) is 19.3 Å². The van der Waals surface area contributed by atoms with E-state index >= 15 is 0 Å². The third-order valence-corrected chi connectivity index (χ3v) is 19.9. The van der Waals surface area contributed by atoms with Gasteiger partial charge < -0.3 is 33.8 Å². The van der Waals surface area contributed by atoms with E-state index in [1.165, 1.54) is 218 Å². The highest BCUT2D eigenvalue weighted by Crippen LogP contribution is 2.45. The van der Waals surface area contributed by atoms with E-state index in [2.05, 4.69) is 41.5 Å². The molecule has 96 heavy (non-hydrogen) atoms. The number of rotatable bonds is 76. The van der Waals surface area contributed by atoms with Gasteiger partial charge in [0, 0.05) is 25.7 Å². The number of aliphatic hydroxyl groups excluding tert-OH is 1. The maximum Gasteiger partial charge on any atom is 0.472 e. The van der Waals surface area contributed by atoms with Crippen molar-refractivity contribution in [2.75, 3.05) is 39.6 Å². The Hall–Kier alpha value is -1.94. The number of hydrogen-bond acceptors (Lipinski definition) is 15.